The third kappa shape index (κ3) is 4.57. The molecule has 0 bridgehead atoms. The number of benzene rings is 2. The van der Waals surface area contributed by atoms with Crippen molar-refractivity contribution in [3.05, 3.63) is 59.7 Å². The smallest absolute Gasteiger partial charge is 0.341 e. The van der Waals surface area contributed by atoms with E-state index in [-0.39, 0.29) is 18.1 Å². The van der Waals surface area contributed by atoms with E-state index in [1.54, 1.807) is 7.05 Å². The first-order valence-electron chi connectivity index (χ1n) is 7.79. The zero-order valence-corrected chi connectivity index (χ0v) is 15.2. The average Bonchev–Trinajstić information content (AvgIpc) is 2.62. The number of nitrogens with zero attached hydrogens (tertiary/aromatic N) is 1. The second kappa shape index (κ2) is 8.27. The first-order chi connectivity index (χ1) is 12.2. The summed E-state index contributed by atoms with van der Waals surface area (Å²) in [6.45, 7) is 2.51. The largest absolute Gasteiger partial charge is 0.491 e. The molecular weight excluding hydrogens is 364 g/mol. The van der Waals surface area contributed by atoms with E-state index < -0.39 is 20.5 Å². The van der Waals surface area contributed by atoms with Crippen LogP contribution in [-0.4, -0.2) is 45.2 Å². The van der Waals surface area contributed by atoms with Crippen molar-refractivity contribution in [3.8, 4) is 5.75 Å². The van der Waals surface area contributed by atoms with Crippen LogP contribution in [0, 0.1) is 6.92 Å². The number of hydrogen-bond acceptors (Lipinski definition) is 4. The topological polar surface area (TPSA) is 63.7 Å². The van der Waals surface area contributed by atoms with Crippen molar-refractivity contribution < 1.29 is 26.7 Å². The van der Waals surface area contributed by atoms with Gasteiger partial charge in [-0.1, -0.05) is 18.2 Å². The molecule has 0 radical (unpaired) electrons. The van der Waals surface area contributed by atoms with Crippen LogP contribution in [0.25, 0.3) is 0 Å². The molecule has 0 heterocycles. The van der Waals surface area contributed by atoms with E-state index in [0.29, 0.717) is 6.54 Å². The van der Waals surface area contributed by atoms with Gasteiger partial charge in [0.2, 0.25) is 9.84 Å². The van der Waals surface area contributed by atoms with E-state index in [1.165, 1.54) is 17.0 Å². The van der Waals surface area contributed by atoms with Gasteiger partial charge in [-0.05, 0) is 42.8 Å². The quantitative estimate of drug-likeness (QED) is 0.737. The van der Waals surface area contributed by atoms with Crippen molar-refractivity contribution in [2.45, 2.75) is 17.6 Å². The molecule has 1 amide bonds. The fourth-order valence-corrected chi connectivity index (χ4v) is 2.94. The lowest BCUT2D eigenvalue weighted by molar-refractivity contribution is 0.0773. The molecular formula is C18H19F2NO4S. The molecule has 0 saturated heterocycles. The number of hydrogen-bond donors (Lipinski definition) is 0. The van der Waals surface area contributed by atoms with Crippen LogP contribution in [-0.2, 0) is 9.84 Å². The van der Waals surface area contributed by atoms with Crippen LogP contribution in [0.2, 0.25) is 0 Å². The molecule has 0 aliphatic rings. The lowest BCUT2D eigenvalue weighted by Gasteiger charge is -2.18. The molecule has 0 spiro atoms. The third-order valence-corrected chi connectivity index (χ3v) is 5.19. The normalized spacial score (nSPS) is 11.4. The summed E-state index contributed by atoms with van der Waals surface area (Å²) in [6.07, 6.45) is 0. The molecule has 0 aliphatic carbocycles. The summed E-state index contributed by atoms with van der Waals surface area (Å²) in [6, 6.07) is 12.0. The second-order valence-corrected chi connectivity index (χ2v) is 7.59. The van der Waals surface area contributed by atoms with Gasteiger partial charge in [0.05, 0.1) is 11.4 Å². The summed E-state index contributed by atoms with van der Waals surface area (Å²) in [4.78, 5) is 13.2. The van der Waals surface area contributed by atoms with Crippen molar-refractivity contribution in [1.82, 2.24) is 4.90 Å². The predicted octanol–water partition coefficient (Wildman–Crippen LogP) is 3.14. The Bertz CT molecular complexity index is 867. The highest BCUT2D eigenvalue weighted by atomic mass is 32.2. The first-order valence-corrected chi connectivity index (χ1v) is 9.34. The van der Waals surface area contributed by atoms with E-state index in [2.05, 4.69) is 0 Å². The Kier molecular flexibility index (Phi) is 6.31. The molecule has 0 aliphatic heterocycles. The molecule has 8 heteroatoms. The lowest BCUT2D eigenvalue weighted by Crippen LogP contribution is -2.31. The number of ether oxygens (including phenoxy) is 1. The Balaban J connectivity index is 1.97. The van der Waals surface area contributed by atoms with Crippen molar-refractivity contribution in [3.63, 3.8) is 0 Å². The highest BCUT2D eigenvalue weighted by Crippen LogP contribution is 2.19. The summed E-state index contributed by atoms with van der Waals surface area (Å²) in [5.41, 5.74) is 1.19. The molecule has 0 unspecified atom stereocenters. The Morgan fingerprint density at radius 1 is 1.12 bits per heavy atom. The number of sulfone groups is 1. The lowest BCUT2D eigenvalue weighted by atomic mass is 10.2. The van der Waals surface area contributed by atoms with Gasteiger partial charge >= 0.3 is 5.76 Å². The predicted molar refractivity (Wildman–Crippen MR) is 93.3 cm³/mol. The van der Waals surface area contributed by atoms with Crippen LogP contribution in [0.5, 0.6) is 5.75 Å². The number of likely N-dealkylation sites (N-methyl/N-ethyl adjacent to an activating group) is 1. The number of para-hydroxylation sites is 1. The number of alkyl halides is 2. The Morgan fingerprint density at radius 3 is 2.31 bits per heavy atom. The molecule has 5 nitrogen and oxygen atoms in total. The van der Waals surface area contributed by atoms with Crippen LogP contribution < -0.4 is 4.74 Å². The van der Waals surface area contributed by atoms with Gasteiger partial charge < -0.3 is 9.64 Å². The summed E-state index contributed by atoms with van der Waals surface area (Å²) >= 11 is 0. The standard InChI is InChI=1S/C18H19F2NO4S/c1-13-5-3-4-6-16(13)25-12-11-21(2)17(22)14-7-9-15(10-8-14)26(23,24)18(19)20/h3-10,18H,11-12H2,1-2H3. The van der Waals surface area contributed by atoms with Crippen LogP contribution >= 0.6 is 0 Å². The van der Waals surface area contributed by atoms with Gasteiger partial charge in [0.15, 0.2) is 0 Å². The van der Waals surface area contributed by atoms with Gasteiger partial charge in [-0.25, -0.2) is 8.42 Å². The number of halogens is 2. The van der Waals surface area contributed by atoms with Crippen LogP contribution in [0.4, 0.5) is 8.78 Å². The highest BCUT2D eigenvalue weighted by Gasteiger charge is 2.26. The first kappa shape index (κ1) is 19.8. The molecule has 0 N–H and O–H groups in total. The molecule has 2 aromatic carbocycles. The molecule has 140 valence electrons. The Morgan fingerprint density at radius 2 is 1.73 bits per heavy atom. The maximum atomic E-state index is 12.5. The van der Waals surface area contributed by atoms with Crippen molar-refractivity contribution in [2.24, 2.45) is 0 Å². The number of amides is 1. The molecule has 2 rings (SSSR count). The van der Waals surface area contributed by atoms with E-state index in [4.69, 9.17) is 4.74 Å². The minimum absolute atomic E-state index is 0.205. The Hall–Kier alpha value is -2.48. The number of carbonyl (C=O) groups excluding carboxylic acids is 1. The fourth-order valence-electron chi connectivity index (χ4n) is 2.22. The third-order valence-electron chi connectivity index (χ3n) is 3.79. The Labute approximate surface area is 151 Å². The van der Waals surface area contributed by atoms with Gasteiger partial charge in [0, 0.05) is 12.6 Å². The molecule has 0 aromatic heterocycles. The van der Waals surface area contributed by atoms with Crippen LogP contribution in [0.1, 0.15) is 15.9 Å². The monoisotopic (exact) mass is 383 g/mol. The van der Waals surface area contributed by atoms with Crippen molar-refractivity contribution >= 4 is 15.7 Å². The number of aryl methyl sites for hydroxylation is 1. The van der Waals surface area contributed by atoms with Gasteiger partial charge in [0.25, 0.3) is 5.91 Å². The van der Waals surface area contributed by atoms with Gasteiger partial charge in [-0.15, -0.1) is 0 Å². The van der Waals surface area contributed by atoms with E-state index in [1.807, 2.05) is 31.2 Å². The van der Waals surface area contributed by atoms with E-state index >= 15 is 0 Å². The molecule has 2 aromatic rings. The van der Waals surface area contributed by atoms with Gasteiger partial charge in [-0.2, -0.15) is 8.78 Å². The minimum Gasteiger partial charge on any atom is -0.491 e. The summed E-state index contributed by atoms with van der Waals surface area (Å²) in [5.74, 6) is -3.13. The number of carbonyl (C=O) groups is 1. The maximum absolute atomic E-state index is 12.5. The molecule has 0 saturated carbocycles. The maximum Gasteiger partial charge on any atom is 0.341 e. The molecule has 0 atom stereocenters. The summed E-state index contributed by atoms with van der Waals surface area (Å²) in [7, 11) is -3.09. The number of rotatable bonds is 7. The zero-order valence-electron chi connectivity index (χ0n) is 14.4. The van der Waals surface area contributed by atoms with Crippen LogP contribution in [0.3, 0.4) is 0 Å². The van der Waals surface area contributed by atoms with E-state index in [9.17, 15) is 22.0 Å². The minimum atomic E-state index is -4.67. The summed E-state index contributed by atoms with van der Waals surface area (Å²) < 4.78 is 53.4. The zero-order chi connectivity index (χ0) is 19.3. The van der Waals surface area contributed by atoms with Crippen molar-refractivity contribution in [2.75, 3.05) is 20.2 Å². The van der Waals surface area contributed by atoms with E-state index in [0.717, 1.165) is 23.4 Å². The average molecular weight is 383 g/mol. The fraction of sp³-hybridized carbons (Fsp3) is 0.278. The summed E-state index contributed by atoms with van der Waals surface area (Å²) in [5, 5.41) is 0. The molecule has 26 heavy (non-hydrogen) atoms. The highest BCUT2D eigenvalue weighted by molar-refractivity contribution is 7.91. The van der Waals surface area contributed by atoms with Gasteiger partial charge in [0.1, 0.15) is 12.4 Å². The van der Waals surface area contributed by atoms with Crippen LogP contribution in [0.15, 0.2) is 53.4 Å². The van der Waals surface area contributed by atoms with Crippen molar-refractivity contribution in [1.29, 1.82) is 0 Å². The van der Waals surface area contributed by atoms with Gasteiger partial charge in [-0.3, -0.25) is 4.79 Å². The SMILES string of the molecule is Cc1ccccc1OCCN(C)C(=O)c1ccc(S(=O)(=O)C(F)F)cc1. The molecule has 0 fully saturated rings. The second-order valence-electron chi connectivity index (χ2n) is 5.67.